The van der Waals surface area contributed by atoms with Crippen molar-refractivity contribution >= 4 is 6.21 Å². The molecule has 1 atom stereocenters. The molecule has 2 nitrogen and oxygen atoms in total. The number of nitrogens with zero attached hydrogens (tertiary/aromatic N) is 2. The van der Waals surface area contributed by atoms with E-state index in [0.717, 1.165) is 12.1 Å². The highest BCUT2D eigenvalue weighted by Crippen LogP contribution is 2.16. The fourth-order valence-electron chi connectivity index (χ4n) is 1.41. The first-order chi connectivity index (χ1) is 6.52. The van der Waals surface area contributed by atoms with E-state index in [-0.39, 0.29) is 0 Å². The molecule has 0 radical (unpaired) electrons. The van der Waals surface area contributed by atoms with E-state index in [1.54, 1.807) is 0 Å². The first-order valence-corrected chi connectivity index (χ1v) is 4.98. The van der Waals surface area contributed by atoms with Gasteiger partial charge in [0.15, 0.2) is 0 Å². The van der Waals surface area contributed by atoms with Crippen LogP contribution in [0.3, 0.4) is 0 Å². The summed E-state index contributed by atoms with van der Waals surface area (Å²) in [6.45, 7) is 10.0. The van der Waals surface area contributed by atoms with Crippen molar-refractivity contribution in [1.82, 2.24) is 4.90 Å². The van der Waals surface area contributed by atoms with E-state index < -0.39 is 0 Å². The Morgan fingerprint density at radius 3 is 2.29 bits per heavy atom. The van der Waals surface area contributed by atoms with Crippen molar-refractivity contribution in [2.45, 2.75) is 33.2 Å². The molecule has 0 fully saturated rings. The van der Waals surface area contributed by atoms with Crippen LogP contribution in [-0.2, 0) is 0 Å². The lowest BCUT2D eigenvalue weighted by molar-refractivity contribution is 0.327. The molecule has 1 unspecified atom stereocenters. The van der Waals surface area contributed by atoms with Crippen LogP contribution in [0, 0.1) is 0 Å². The molecule has 0 bridgehead atoms. The zero-order valence-electron chi connectivity index (χ0n) is 10.0. The summed E-state index contributed by atoms with van der Waals surface area (Å²) < 4.78 is 0. The summed E-state index contributed by atoms with van der Waals surface area (Å²) in [5.41, 5.74) is 2.30. The van der Waals surface area contributed by atoms with Gasteiger partial charge in [0.1, 0.15) is 0 Å². The average molecular weight is 194 g/mol. The summed E-state index contributed by atoms with van der Waals surface area (Å²) in [6.07, 6.45) is 4.82. The zero-order chi connectivity index (χ0) is 11.1. The highest BCUT2D eigenvalue weighted by Gasteiger charge is 2.13. The van der Waals surface area contributed by atoms with Gasteiger partial charge in [-0.2, -0.15) is 0 Å². The third-order valence-electron chi connectivity index (χ3n) is 2.22. The van der Waals surface area contributed by atoms with Gasteiger partial charge in [-0.3, -0.25) is 4.99 Å². The third-order valence-corrected chi connectivity index (χ3v) is 2.22. The van der Waals surface area contributed by atoms with Crippen molar-refractivity contribution in [2.24, 2.45) is 4.99 Å². The van der Waals surface area contributed by atoms with Gasteiger partial charge in [-0.1, -0.05) is 18.2 Å². The number of allylic oxidation sites excluding steroid dienone is 1. The molecule has 0 aromatic rings. The molecule has 0 aliphatic rings. The zero-order valence-corrected chi connectivity index (χ0v) is 10.0. The predicted molar refractivity (Wildman–Crippen MR) is 64.8 cm³/mol. The van der Waals surface area contributed by atoms with Gasteiger partial charge in [0.25, 0.3) is 0 Å². The van der Waals surface area contributed by atoms with Crippen LogP contribution in [0.2, 0.25) is 0 Å². The molecule has 0 spiro atoms. The van der Waals surface area contributed by atoms with Crippen LogP contribution >= 0.6 is 0 Å². The van der Waals surface area contributed by atoms with Crippen LogP contribution in [0.15, 0.2) is 28.9 Å². The Balaban J connectivity index is 4.51. The summed E-state index contributed by atoms with van der Waals surface area (Å²) in [4.78, 5) is 6.49. The lowest BCUT2D eigenvalue weighted by Gasteiger charge is -2.24. The molecule has 0 saturated heterocycles. The summed E-state index contributed by atoms with van der Waals surface area (Å²) in [6, 6.07) is 0.380. The van der Waals surface area contributed by atoms with Crippen LogP contribution in [0.1, 0.15) is 27.2 Å². The van der Waals surface area contributed by atoms with Crippen LogP contribution in [-0.4, -0.2) is 31.3 Å². The van der Waals surface area contributed by atoms with Gasteiger partial charge in [-0.15, -0.1) is 0 Å². The number of likely N-dealkylation sites (N-methyl/N-ethyl adjacent to an activating group) is 1. The van der Waals surface area contributed by atoms with Crippen LogP contribution in [0.5, 0.6) is 0 Å². The van der Waals surface area contributed by atoms with Crippen LogP contribution in [0.4, 0.5) is 0 Å². The maximum atomic E-state index is 4.32. The first kappa shape index (κ1) is 13.1. The number of rotatable bonds is 5. The molecular weight excluding hydrogens is 172 g/mol. The molecule has 2 heteroatoms. The molecule has 0 aliphatic heterocycles. The van der Waals surface area contributed by atoms with Gasteiger partial charge in [0, 0.05) is 24.4 Å². The maximum Gasteiger partial charge on any atom is 0.0375 e. The topological polar surface area (TPSA) is 15.6 Å². The van der Waals surface area contributed by atoms with Gasteiger partial charge < -0.3 is 4.90 Å². The largest absolute Gasteiger partial charge is 0.302 e. The Morgan fingerprint density at radius 2 is 2.00 bits per heavy atom. The van der Waals surface area contributed by atoms with Gasteiger partial charge in [0.05, 0.1) is 0 Å². The standard InChI is InChI=1S/C12H22N2/c1-7-11(13-8-2)9-12(10(3)4)14(5)6/h7-8,12H,3,9H2,1-2,4-6H3/b11-7-,13-8-. The number of aliphatic imine (C=N–C) groups is 1. The van der Waals surface area contributed by atoms with E-state index in [4.69, 9.17) is 0 Å². The second-order valence-corrected chi connectivity index (χ2v) is 3.70. The van der Waals surface area contributed by atoms with Crippen molar-refractivity contribution in [2.75, 3.05) is 14.1 Å². The molecule has 0 saturated carbocycles. The lowest BCUT2D eigenvalue weighted by atomic mass is 10.0. The molecule has 0 aromatic carbocycles. The van der Waals surface area contributed by atoms with E-state index in [1.165, 1.54) is 5.57 Å². The SMILES string of the molecule is C=C(C)C(CC(=C/C)/N=C\C)N(C)C. The Bertz CT molecular complexity index is 237. The van der Waals surface area contributed by atoms with Gasteiger partial charge >= 0.3 is 0 Å². The smallest absolute Gasteiger partial charge is 0.0375 e. The minimum Gasteiger partial charge on any atom is -0.302 e. The quantitative estimate of drug-likeness (QED) is 0.485. The first-order valence-electron chi connectivity index (χ1n) is 4.98. The molecule has 0 aromatic heterocycles. The molecule has 14 heavy (non-hydrogen) atoms. The number of hydrogen-bond donors (Lipinski definition) is 0. The molecule has 80 valence electrons. The minimum atomic E-state index is 0.380. The molecule has 0 aliphatic carbocycles. The van der Waals surface area contributed by atoms with E-state index in [1.807, 2.05) is 20.1 Å². The van der Waals surface area contributed by atoms with Crippen molar-refractivity contribution in [3.05, 3.63) is 23.9 Å². The van der Waals surface area contributed by atoms with Crippen molar-refractivity contribution in [3.8, 4) is 0 Å². The van der Waals surface area contributed by atoms with Gasteiger partial charge in [-0.05, 0) is 34.9 Å². The van der Waals surface area contributed by atoms with Crippen molar-refractivity contribution in [3.63, 3.8) is 0 Å². The summed E-state index contributed by atoms with van der Waals surface area (Å²) in [5, 5.41) is 0. The second-order valence-electron chi connectivity index (χ2n) is 3.70. The molecule has 0 rings (SSSR count). The summed E-state index contributed by atoms with van der Waals surface area (Å²) >= 11 is 0. The van der Waals surface area contributed by atoms with Crippen molar-refractivity contribution in [1.29, 1.82) is 0 Å². The van der Waals surface area contributed by atoms with Crippen LogP contribution < -0.4 is 0 Å². The maximum absolute atomic E-state index is 4.32. The molecular formula is C12H22N2. The minimum absolute atomic E-state index is 0.380. The Hall–Kier alpha value is -0.890. The second kappa shape index (κ2) is 6.55. The highest BCUT2D eigenvalue weighted by molar-refractivity contribution is 5.55. The molecule has 0 amide bonds. The van der Waals surface area contributed by atoms with Gasteiger partial charge in [-0.25, -0.2) is 0 Å². The Morgan fingerprint density at radius 1 is 1.43 bits per heavy atom. The number of hydrogen-bond acceptors (Lipinski definition) is 2. The average Bonchev–Trinajstić information content (AvgIpc) is 2.10. The van der Waals surface area contributed by atoms with E-state index in [2.05, 4.69) is 43.6 Å². The van der Waals surface area contributed by atoms with E-state index in [0.29, 0.717) is 6.04 Å². The Kier molecular flexibility index (Phi) is 6.13. The summed E-state index contributed by atoms with van der Waals surface area (Å²) in [5.74, 6) is 0. The normalized spacial score (nSPS) is 15.1. The van der Waals surface area contributed by atoms with Gasteiger partial charge in [0.2, 0.25) is 0 Å². The van der Waals surface area contributed by atoms with Crippen molar-refractivity contribution < 1.29 is 0 Å². The Labute approximate surface area is 88.0 Å². The highest BCUT2D eigenvalue weighted by atomic mass is 15.1. The fraction of sp³-hybridized carbons (Fsp3) is 0.583. The van der Waals surface area contributed by atoms with Crippen LogP contribution in [0.25, 0.3) is 0 Å². The monoisotopic (exact) mass is 194 g/mol. The van der Waals surface area contributed by atoms with E-state index in [9.17, 15) is 0 Å². The summed E-state index contributed by atoms with van der Waals surface area (Å²) in [7, 11) is 4.14. The third kappa shape index (κ3) is 4.38. The predicted octanol–water partition coefficient (Wildman–Crippen LogP) is 2.88. The molecule has 0 N–H and O–H groups in total. The van der Waals surface area contributed by atoms with E-state index >= 15 is 0 Å². The molecule has 0 heterocycles. The lowest BCUT2D eigenvalue weighted by Crippen LogP contribution is -2.28. The fourth-order valence-corrected chi connectivity index (χ4v) is 1.41.